The van der Waals surface area contributed by atoms with Gasteiger partial charge in [0.25, 0.3) is 5.56 Å². The molecule has 1 aliphatic heterocycles. The molecular formula is C20H27N5O5. The summed E-state index contributed by atoms with van der Waals surface area (Å²) in [4.78, 5) is 40.6. The van der Waals surface area contributed by atoms with E-state index < -0.39 is 23.7 Å². The second-order valence-electron chi connectivity index (χ2n) is 6.91. The van der Waals surface area contributed by atoms with Gasteiger partial charge in [0.1, 0.15) is 23.8 Å². The number of carbonyl (C=O) groups excluding carboxylic acids is 1. The van der Waals surface area contributed by atoms with E-state index in [1.165, 1.54) is 11.7 Å². The van der Waals surface area contributed by atoms with E-state index in [4.69, 9.17) is 15.2 Å². The highest BCUT2D eigenvalue weighted by atomic mass is 16.5. The number of aromatic nitrogens is 2. The zero-order chi connectivity index (χ0) is 21.7. The van der Waals surface area contributed by atoms with Gasteiger partial charge in [-0.1, -0.05) is 19.1 Å². The molecule has 162 valence electrons. The van der Waals surface area contributed by atoms with Gasteiger partial charge in [0.15, 0.2) is 0 Å². The maximum absolute atomic E-state index is 13.2. The topological polar surface area (TPSA) is 121 Å². The van der Waals surface area contributed by atoms with E-state index in [0.29, 0.717) is 50.7 Å². The Morgan fingerprint density at radius 3 is 2.57 bits per heavy atom. The van der Waals surface area contributed by atoms with Crippen molar-refractivity contribution in [3.8, 4) is 5.75 Å². The Labute approximate surface area is 173 Å². The van der Waals surface area contributed by atoms with Crippen LogP contribution in [0.5, 0.6) is 5.75 Å². The normalized spacial score (nSPS) is 13.9. The van der Waals surface area contributed by atoms with E-state index >= 15 is 0 Å². The Kier molecular flexibility index (Phi) is 6.78. The predicted octanol–water partition coefficient (Wildman–Crippen LogP) is 0.486. The lowest BCUT2D eigenvalue weighted by atomic mass is 10.3. The highest BCUT2D eigenvalue weighted by Gasteiger charge is 2.24. The lowest BCUT2D eigenvalue weighted by Gasteiger charge is -2.30. The molecule has 30 heavy (non-hydrogen) atoms. The molecule has 1 amide bonds. The summed E-state index contributed by atoms with van der Waals surface area (Å²) in [5, 5.41) is 2.69. The molecule has 2 aromatic rings. The summed E-state index contributed by atoms with van der Waals surface area (Å²) >= 11 is 0. The van der Waals surface area contributed by atoms with Crippen LogP contribution in [0.2, 0.25) is 0 Å². The Hall–Kier alpha value is -3.27. The predicted molar refractivity (Wildman–Crippen MR) is 114 cm³/mol. The van der Waals surface area contributed by atoms with Crippen LogP contribution in [-0.2, 0) is 22.6 Å². The number of nitrogen functional groups attached to an aromatic ring is 1. The van der Waals surface area contributed by atoms with E-state index in [1.807, 2.05) is 6.92 Å². The Morgan fingerprint density at radius 2 is 1.90 bits per heavy atom. The number of morpholine rings is 1. The van der Waals surface area contributed by atoms with Crippen LogP contribution in [0.4, 0.5) is 17.2 Å². The molecule has 0 spiro atoms. The lowest BCUT2D eigenvalue weighted by Crippen LogP contribution is -2.48. The maximum atomic E-state index is 13.2. The van der Waals surface area contributed by atoms with Crippen LogP contribution >= 0.6 is 0 Å². The van der Waals surface area contributed by atoms with Crippen molar-refractivity contribution in [3.05, 3.63) is 45.1 Å². The number of nitrogens with one attached hydrogen (secondary N) is 1. The van der Waals surface area contributed by atoms with Crippen molar-refractivity contribution >= 4 is 23.1 Å². The third kappa shape index (κ3) is 4.33. The largest absolute Gasteiger partial charge is 0.495 e. The van der Waals surface area contributed by atoms with Crippen LogP contribution in [0.25, 0.3) is 0 Å². The summed E-state index contributed by atoms with van der Waals surface area (Å²) in [7, 11) is 1.49. The van der Waals surface area contributed by atoms with E-state index in [2.05, 4.69) is 5.32 Å². The van der Waals surface area contributed by atoms with Gasteiger partial charge in [0.05, 0.1) is 26.0 Å². The summed E-state index contributed by atoms with van der Waals surface area (Å²) in [5.41, 5.74) is 5.71. The van der Waals surface area contributed by atoms with Gasteiger partial charge in [0, 0.05) is 19.6 Å². The number of anilines is 3. The van der Waals surface area contributed by atoms with E-state index in [9.17, 15) is 14.4 Å². The number of ether oxygens (including phenoxy) is 2. The van der Waals surface area contributed by atoms with Crippen molar-refractivity contribution in [3.63, 3.8) is 0 Å². The molecule has 1 saturated heterocycles. The van der Waals surface area contributed by atoms with Gasteiger partial charge in [-0.2, -0.15) is 0 Å². The summed E-state index contributed by atoms with van der Waals surface area (Å²) in [6, 6.07) is 6.90. The average Bonchev–Trinajstić information content (AvgIpc) is 2.75. The number of amides is 1. The number of nitrogens with two attached hydrogens (primary N) is 1. The zero-order valence-corrected chi connectivity index (χ0v) is 17.2. The standard InChI is InChI=1S/C20H27N5O5/c1-3-8-24-18(21)17(23-9-11-30-12-10-23)19(27)25(20(24)28)13-16(26)22-14-6-4-5-7-15(14)29-2/h4-7H,3,8-13,21H2,1-2H3,(H,22,26). The fourth-order valence-electron chi connectivity index (χ4n) is 3.45. The van der Waals surface area contributed by atoms with Gasteiger partial charge < -0.3 is 25.4 Å². The SMILES string of the molecule is CCCn1c(N)c(N2CCOCC2)c(=O)n(CC(=O)Nc2ccccc2OC)c1=O. The third-order valence-corrected chi connectivity index (χ3v) is 4.90. The first-order valence-electron chi connectivity index (χ1n) is 9.86. The van der Waals surface area contributed by atoms with Gasteiger partial charge in [-0.15, -0.1) is 0 Å². The number of methoxy groups -OCH3 is 1. The minimum atomic E-state index is -0.605. The molecule has 10 heteroatoms. The molecule has 1 aromatic heterocycles. The van der Waals surface area contributed by atoms with Crippen molar-refractivity contribution in [2.24, 2.45) is 0 Å². The van der Waals surface area contributed by atoms with Gasteiger partial charge in [-0.25, -0.2) is 9.36 Å². The van der Waals surface area contributed by atoms with Gasteiger partial charge >= 0.3 is 5.69 Å². The molecule has 0 aliphatic carbocycles. The summed E-state index contributed by atoms with van der Waals surface area (Å²) in [5.74, 6) is 0.0856. The molecule has 2 heterocycles. The van der Waals surface area contributed by atoms with E-state index in [-0.39, 0.29) is 11.5 Å². The van der Waals surface area contributed by atoms with Crippen LogP contribution in [0, 0.1) is 0 Å². The maximum Gasteiger partial charge on any atom is 0.333 e. The summed E-state index contributed by atoms with van der Waals surface area (Å²) < 4.78 is 12.9. The minimum absolute atomic E-state index is 0.120. The quantitative estimate of drug-likeness (QED) is 0.672. The molecule has 0 bridgehead atoms. The van der Waals surface area contributed by atoms with Crippen LogP contribution in [0.15, 0.2) is 33.9 Å². The van der Waals surface area contributed by atoms with Crippen LogP contribution in [0.1, 0.15) is 13.3 Å². The molecule has 3 N–H and O–H groups in total. The number of hydrogen-bond donors (Lipinski definition) is 2. The van der Waals surface area contributed by atoms with Crippen molar-refractivity contribution in [2.75, 3.05) is 49.4 Å². The molecular weight excluding hydrogens is 390 g/mol. The first kappa shape index (κ1) is 21.4. The average molecular weight is 417 g/mol. The second-order valence-corrected chi connectivity index (χ2v) is 6.91. The molecule has 3 rings (SSSR count). The van der Waals surface area contributed by atoms with Crippen LogP contribution in [-0.4, -0.2) is 48.5 Å². The number of benzene rings is 1. The van der Waals surface area contributed by atoms with Gasteiger partial charge in [-0.05, 0) is 18.6 Å². The minimum Gasteiger partial charge on any atom is -0.495 e. The smallest absolute Gasteiger partial charge is 0.333 e. The summed E-state index contributed by atoms with van der Waals surface area (Å²) in [6.07, 6.45) is 0.651. The zero-order valence-electron chi connectivity index (χ0n) is 17.2. The van der Waals surface area contributed by atoms with Gasteiger partial charge in [0.2, 0.25) is 5.91 Å². The molecule has 1 fully saturated rings. The van der Waals surface area contributed by atoms with Crippen molar-refractivity contribution in [1.82, 2.24) is 9.13 Å². The van der Waals surface area contributed by atoms with Crippen molar-refractivity contribution < 1.29 is 14.3 Å². The molecule has 0 radical (unpaired) electrons. The Morgan fingerprint density at radius 1 is 1.20 bits per heavy atom. The number of carbonyl (C=O) groups is 1. The fourth-order valence-corrected chi connectivity index (χ4v) is 3.45. The molecule has 0 saturated carbocycles. The Bertz CT molecular complexity index is 1020. The number of para-hydroxylation sites is 2. The lowest BCUT2D eigenvalue weighted by molar-refractivity contribution is -0.116. The monoisotopic (exact) mass is 417 g/mol. The van der Waals surface area contributed by atoms with Crippen LogP contribution in [0.3, 0.4) is 0 Å². The van der Waals surface area contributed by atoms with E-state index in [1.54, 1.807) is 29.2 Å². The third-order valence-electron chi connectivity index (χ3n) is 4.90. The van der Waals surface area contributed by atoms with Gasteiger partial charge in [-0.3, -0.25) is 14.2 Å². The molecule has 0 unspecified atom stereocenters. The number of rotatable bonds is 7. The van der Waals surface area contributed by atoms with Crippen LogP contribution < -0.4 is 31.9 Å². The highest BCUT2D eigenvalue weighted by Crippen LogP contribution is 2.23. The molecule has 1 aromatic carbocycles. The first-order chi connectivity index (χ1) is 14.5. The van der Waals surface area contributed by atoms with Crippen molar-refractivity contribution in [2.45, 2.75) is 26.4 Å². The Balaban J connectivity index is 1.98. The fraction of sp³-hybridized carbons (Fsp3) is 0.450. The molecule has 10 nitrogen and oxygen atoms in total. The first-order valence-corrected chi connectivity index (χ1v) is 9.86. The summed E-state index contributed by atoms with van der Waals surface area (Å²) in [6.45, 7) is 3.70. The number of nitrogens with zero attached hydrogens (tertiary/aromatic N) is 3. The van der Waals surface area contributed by atoms with Crippen molar-refractivity contribution in [1.29, 1.82) is 0 Å². The molecule has 0 atom stereocenters. The highest BCUT2D eigenvalue weighted by molar-refractivity contribution is 5.92. The second kappa shape index (κ2) is 9.49. The van der Waals surface area contributed by atoms with E-state index in [0.717, 1.165) is 4.57 Å². The molecule has 1 aliphatic rings. The number of hydrogen-bond acceptors (Lipinski definition) is 7.